The summed E-state index contributed by atoms with van der Waals surface area (Å²) in [6.07, 6.45) is 4.65. The van der Waals surface area contributed by atoms with E-state index >= 15 is 0 Å². The molecule has 0 atom stereocenters. The highest BCUT2D eigenvalue weighted by atomic mass is 16.1. The van der Waals surface area contributed by atoms with Crippen molar-refractivity contribution < 1.29 is 4.79 Å². The van der Waals surface area contributed by atoms with Gasteiger partial charge in [-0.15, -0.1) is 0 Å². The molecule has 1 heterocycles. The van der Waals surface area contributed by atoms with Gasteiger partial charge in [-0.25, -0.2) is 4.98 Å². The molecule has 0 bridgehead atoms. The van der Waals surface area contributed by atoms with Crippen LogP contribution in [-0.4, -0.2) is 15.5 Å². The third-order valence-corrected chi connectivity index (χ3v) is 3.04. The molecule has 1 amide bonds. The zero-order valence-corrected chi connectivity index (χ0v) is 11.0. The molecule has 19 heavy (non-hydrogen) atoms. The number of nitrogens with zero attached hydrogens (tertiary/aromatic N) is 2. The zero-order valence-electron chi connectivity index (χ0n) is 11.0. The molecule has 0 saturated carbocycles. The molecule has 0 saturated heterocycles. The third-order valence-electron chi connectivity index (χ3n) is 3.04. The highest BCUT2D eigenvalue weighted by Gasteiger charge is 2.05. The molecule has 0 radical (unpaired) electrons. The zero-order chi connectivity index (χ0) is 13.7. The van der Waals surface area contributed by atoms with Crippen molar-refractivity contribution in [3.05, 3.63) is 48.0 Å². The number of hydrogen-bond donors (Lipinski definition) is 2. The Hall–Kier alpha value is -2.30. The van der Waals surface area contributed by atoms with Crippen LogP contribution in [0, 0.1) is 0 Å². The average molecular weight is 258 g/mol. The maximum Gasteiger partial charge on any atom is 0.220 e. The van der Waals surface area contributed by atoms with E-state index in [9.17, 15) is 4.79 Å². The number of aryl methyl sites for hydroxylation is 2. The number of hydrogen-bond acceptors (Lipinski definition) is 3. The normalized spacial score (nSPS) is 10.4. The molecular weight excluding hydrogens is 240 g/mol. The minimum Gasteiger partial charge on any atom is -0.399 e. The number of carbonyl (C=O) groups is 1. The fourth-order valence-electron chi connectivity index (χ4n) is 1.84. The van der Waals surface area contributed by atoms with Crippen molar-refractivity contribution in [2.75, 3.05) is 5.73 Å². The third kappa shape index (κ3) is 3.58. The Morgan fingerprint density at radius 2 is 2.21 bits per heavy atom. The number of nitrogen functional groups attached to an aromatic ring is 1. The Bertz CT molecular complexity index is 562. The second kappa shape index (κ2) is 6.04. The summed E-state index contributed by atoms with van der Waals surface area (Å²) in [5, 5.41) is 2.85. The number of anilines is 1. The van der Waals surface area contributed by atoms with E-state index in [1.807, 2.05) is 42.1 Å². The van der Waals surface area contributed by atoms with Crippen LogP contribution >= 0.6 is 0 Å². The molecular formula is C14H18N4O. The Morgan fingerprint density at radius 3 is 2.89 bits per heavy atom. The van der Waals surface area contributed by atoms with Crippen molar-refractivity contribution in [3.8, 4) is 0 Å². The van der Waals surface area contributed by atoms with Crippen LogP contribution < -0.4 is 11.1 Å². The molecule has 0 unspecified atom stereocenters. The van der Waals surface area contributed by atoms with Gasteiger partial charge in [0, 0.05) is 31.5 Å². The monoisotopic (exact) mass is 258 g/mol. The molecule has 0 spiro atoms. The molecule has 1 aromatic carbocycles. The molecule has 1 aromatic heterocycles. The fraction of sp³-hybridized carbons (Fsp3) is 0.286. The molecule has 2 aromatic rings. The summed E-state index contributed by atoms with van der Waals surface area (Å²) in [7, 11) is 1.90. The molecule has 0 aliphatic rings. The lowest BCUT2D eigenvalue weighted by atomic mass is 10.1. The van der Waals surface area contributed by atoms with Crippen molar-refractivity contribution in [2.45, 2.75) is 19.4 Å². The van der Waals surface area contributed by atoms with Crippen LogP contribution in [0.2, 0.25) is 0 Å². The maximum absolute atomic E-state index is 11.7. The summed E-state index contributed by atoms with van der Waals surface area (Å²) in [4.78, 5) is 15.9. The molecule has 5 heteroatoms. The first-order valence-electron chi connectivity index (χ1n) is 6.23. The SMILES string of the molecule is Cn1ccnc1CNC(=O)CCc1ccccc1N. The van der Waals surface area contributed by atoms with Crippen LogP contribution in [-0.2, 0) is 24.8 Å². The molecule has 5 nitrogen and oxygen atoms in total. The van der Waals surface area contributed by atoms with E-state index in [1.54, 1.807) is 6.20 Å². The summed E-state index contributed by atoms with van der Waals surface area (Å²) in [6.45, 7) is 0.451. The van der Waals surface area contributed by atoms with Gasteiger partial charge in [-0.1, -0.05) is 18.2 Å². The summed E-state index contributed by atoms with van der Waals surface area (Å²) >= 11 is 0. The molecule has 3 N–H and O–H groups in total. The smallest absolute Gasteiger partial charge is 0.220 e. The van der Waals surface area contributed by atoms with Crippen molar-refractivity contribution >= 4 is 11.6 Å². The molecule has 2 rings (SSSR count). The van der Waals surface area contributed by atoms with E-state index in [-0.39, 0.29) is 5.91 Å². The summed E-state index contributed by atoms with van der Waals surface area (Å²) < 4.78 is 1.88. The van der Waals surface area contributed by atoms with Crippen LogP contribution in [0.15, 0.2) is 36.7 Å². The minimum absolute atomic E-state index is 0.00579. The first kappa shape index (κ1) is 13.1. The number of amides is 1. The van der Waals surface area contributed by atoms with Gasteiger partial charge in [-0.2, -0.15) is 0 Å². The van der Waals surface area contributed by atoms with Crippen molar-refractivity contribution in [1.29, 1.82) is 0 Å². The Labute approximate surface area is 112 Å². The van der Waals surface area contributed by atoms with Crippen LogP contribution in [0.1, 0.15) is 17.8 Å². The Balaban J connectivity index is 1.79. The van der Waals surface area contributed by atoms with Gasteiger partial charge in [0.25, 0.3) is 0 Å². The number of para-hydroxylation sites is 1. The number of benzene rings is 1. The molecule has 100 valence electrons. The first-order chi connectivity index (χ1) is 9.16. The summed E-state index contributed by atoms with van der Waals surface area (Å²) in [5.41, 5.74) is 7.58. The molecule has 0 aliphatic heterocycles. The largest absolute Gasteiger partial charge is 0.399 e. The van der Waals surface area contributed by atoms with E-state index in [0.717, 1.165) is 17.1 Å². The lowest BCUT2D eigenvalue weighted by molar-refractivity contribution is -0.121. The summed E-state index contributed by atoms with van der Waals surface area (Å²) in [5.74, 6) is 0.846. The van der Waals surface area contributed by atoms with Crippen LogP contribution in [0.5, 0.6) is 0 Å². The number of rotatable bonds is 5. The standard InChI is InChI=1S/C14H18N4O/c1-18-9-8-16-13(18)10-17-14(19)7-6-11-4-2-3-5-12(11)15/h2-5,8-9H,6-7,10,15H2,1H3,(H,17,19). The van der Waals surface area contributed by atoms with Gasteiger partial charge >= 0.3 is 0 Å². The van der Waals surface area contributed by atoms with Gasteiger partial charge in [0.15, 0.2) is 0 Å². The quantitative estimate of drug-likeness (QED) is 0.793. The van der Waals surface area contributed by atoms with Gasteiger partial charge in [-0.3, -0.25) is 4.79 Å². The number of nitrogens with two attached hydrogens (primary N) is 1. The maximum atomic E-state index is 11.7. The number of carbonyl (C=O) groups excluding carboxylic acids is 1. The fourth-order valence-corrected chi connectivity index (χ4v) is 1.84. The lowest BCUT2D eigenvalue weighted by Crippen LogP contribution is -2.24. The van der Waals surface area contributed by atoms with Gasteiger partial charge in [-0.05, 0) is 18.1 Å². The molecule has 0 aliphatic carbocycles. The van der Waals surface area contributed by atoms with E-state index < -0.39 is 0 Å². The minimum atomic E-state index is 0.00579. The van der Waals surface area contributed by atoms with E-state index in [0.29, 0.717) is 19.4 Å². The highest BCUT2D eigenvalue weighted by molar-refractivity contribution is 5.76. The Kier molecular flexibility index (Phi) is 4.18. The molecule has 0 fully saturated rings. The average Bonchev–Trinajstić information content (AvgIpc) is 2.81. The van der Waals surface area contributed by atoms with Crippen LogP contribution in [0.3, 0.4) is 0 Å². The predicted molar refractivity (Wildman–Crippen MR) is 74.2 cm³/mol. The number of imidazole rings is 1. The van der Waals surface area contributed by atoms with E-state index in [1.165, 1.54) is 0 Å². The summed E-state index contributed by atoms with van der Waals surface area (Å²) in [6, 6.07) is 7.61. The first-order valence-corrected chi connectivity index (χ1v) is 6.23. The van der Waals surface area contributed by atoms with Crippen LogP contribution in [0.4, 0.5) is 5.69 Å². The Morgan fingerprint density at radius 1 is 1.42 bits per heavy atom. The topological polar surface area (TPSA) is 72.9 Å². The van der Waals surface area contributed by atoms with Crippen molar-refractivity contribution in [2.24, 2.45) is 7.05 Å². The number of aromatic nitrogens is 2. The lowest BCUT2D eigenvalue weighted by Gasteiger charge is -2.07. The van der Waals surface area contributed by atoms with E-state index in [4.69, 9.17) is 5.73 Å². The second-order valence-corrected chi connectivity index (χ2v) is 4.43. The van der Waals surface area contributed by atoms with Crippen LogP contribution in [0.25, 0.3) is 0 Å². The highest BCUT2D eigenvalue weighted by Crippen LogP contribution is 2.12. The van der Waals surface area contributed by atoms with E-state index in [2.05, 4.69) is 10.3 Å². The van der Waals surface area contributed by atoms with Gasteiger partial charge < -0.3 is 15.6 Å². The van der Waals surface area contributed by atoms with Crippen molar-refractivity contribution in [3.63, 3.8) is 0 Å². The second-order valence-electron chi connectivity index (χ2n) is 4.43. The number of nitrogens with one attached hydrogen (secondary N) is 1. The predicted octanol–water partition coefficient (Wildman–Crippen LogP) is 1.25. The van der Waals surface area contributed by atoms with Gasteiger partial charge in [0.1, 0.15) is 5.82 Å². The van der Waals surface area contributed by atoms with Crippen molar-refractivity contribution in [1.82, 2.24) is 14.9 Å². The van der Waals surface area contributed by atoms with Gasteiger partial charge in [0.2, 0.25) is 5.91 Å². The van der Waals surface area contributed by atoms with Gasteiger partial charge in [0.05, 0.1) is 6.54 Å².